The molecule has 136 valence electrons. The van der Waals surface area contributed by atoms with Crippen molar-refractivity contribution >= 4 is 36.0 Å². The number of aliphatic imine (C=N–C) groups is 1. The van der Waals surface area contributed by atoms with E-state index in [1.807, 2.05) is 20.8 Å². The van der Waals surface area contributed by atoms with E-state index >= 15 is 0 Å². The number of nitrogens with two attached hydrogens (primary N) is 1. The number of halogens is 1. The summed E-state index contributed by atoms with van der Waals surface area (Å²) in [5.74, 6) is 0.471. The van der Waals surface area contributed by atoms with Gasteiger partial charge in [-0.15, -0.1) is 24.0 Å². The average molecular weight is 442 g/mol. The lowest BCUT2D eigenvalue weighted by Crippen LogP contribution is -2.48. The van der Waals surface area contributed by atoms with Gasteiger partial charge in [0.05, 0.1) is 12.7 Å². The molecule has 3 N–H and O–H groups in total. The van der Waals surface area contributed by atoms with Crippen molar-refractivity contribution in [1.82, 2.24) is 10.2 Å². The van der Waals surface area contributed by atoms with Crippen LogP contribution in [-0.4, -0.2) is 61.9 Å². The Morgan fingerprint density at radius 3 is 2.61 bits per heavy atom. The highest BCUT2D eigenvalue weighted by Gasteiger charge is 2.23. The first-order valence-corrected chi connectivity index (χ1v) is 8.12. The molecule has 0 unspecified atom stereocenters. The number of rotatable bonds is 7. The number of carbonyl (C=O) groups excluding carboxylic acids is 1. The Kier molecular flexibility index (Phi) is 12.2. The van der Waals surface area contributed by atoms with Gasteiger partial charge in [0.2, 0.25) is 0 Å². The summed E-state index contributed by atoms with van der Waals surface area (Å²) in [6.07, 6.45) is 2.59. The van der Waals surface area contributed by atoms with Crippen molar-refractivity contribution in [2.75, 3.05) is 32.8 Å². The minimum atomic E-state index is -0.229. The maximum Gasteiger partial charge on any atom is 0.409 e. The fraction of sp³-hybridized carbons (Fsp3) is 0.867. The molecule has 0 bridgehead atoms. The van der Waals surface area contributed by atoms with Crippen LogP contribution in [0.15, 0.2) is 4.99 Å². The lowest BCUT2D eigenvalue weighted by Gasteiger charge is -2.31. The summed E-state index contributed by atoms with van der Waals surface area (Å²) >= 11 is 0. The molecule has 1 aliphatic heterocycles. The minimum Gasteiger partial charge on any atom is -0.450 e. The summed E-state index contributed by atoms with van der Waals surface area (Å²) in [6.45, 7) is 8.99. The van der Waals surface area contributed by atoms with E-state index in [0.717, 1.165) is 19.3 Å². The Morgan fingerprint density at radius 1 is 1.39 bits per heavy atom. The summed E-state index contributed by atoms with van der Waals surface area (Å²) in [5.41, 5.74) is 5.88. The first kappa shape index (κ1) is 22.2. The van der Waals surface area contributed by atoms with Gasteiger partial charge in [-0.2, -0.15) is 0 Å². The van der Waals surface area contributed by atoms with Crippen LogP contribution < -0.4 is 11.1 Å². The van der Waals surface area contributed by atoms with Crippen LogP contribution in [0.4, 0.5) is 4.79 Å². The summed E-state index contributed by atoms with van der Waals surface area (Å²) in [4.78, 5) is 17.6. The maximum atomic E-state index is 11.6. The second kappa shape index (κ2) is 12.6. The van der Waals surface area contributed by atoms with Gasteiger partial charge in [0.15, 0.2) is 5.96 Å². The molecule has 0 radical (unpaired) electrons. The fourth-order valence-corrected chi connectivity index (χ4v) is 2.26. The molecule has 23 heavy (non-hydrogen) atoms. The third-order valence-electron chi connectivity index (χ3n) is 3.41. The van der Waals surface area contributed by atoms with Gasteiger partial charge in [-0.1, -0.05) is 0 Å². The first-order valence-electron chi connectivity index (χ1n) is 8.12. The summed E-state index contributed by atoms with van der Waals surface area (Å²) < 4.78 is 10.4. The van der Waals surface area contributed by atoms with E-state index < -0.39 is 0 Å². The zero-order chi connectivity index (χ0) is 16.4. The molecule has 0 aromatic heterocycles. The van der Waals surface area contributed by atoms with Crippen LogP contribution in [0.25, 0.3) is 0 Å². The van der Waals surface area contributed by atoms with Gasteiger partial charge in [0.1, 0.15) is 0 Å². The lowest BCUT2D eigenvalue weighted by atomic mass is 10.1. The van der Waals surface area contributed by atoms with E-state index in [4.69, 9.17) is 15.2 Å². The first-order chi connectivity index (χ1) is 10.5. The van der Waals surface area contributed by atoms with Gasteiger partial charge in [0, 0.05) is 32.3 Å². The summed E-state index contributed by atoms with van der Waals surface area (Å²) in [5, 5.41) is 3.22. The number of ether oxygens (including phenoxy) is 2. The highest BCUT2D eigenvalue weighted by Crippen LogP contribution is 2.11. The molecule has 0 spiro atoms. The van der Waals surface area contributed by atoms with Gasteiger partial charge < -0.3 is 25.4 Å². The van der Waals surface area contributed by atoms with Crippen molar-refractivity contribution in [3.8, 4) is 0 Å². The zero-order valence-corrected chi connectivity index (χ0v) is 16.7. The van der Waals surface area contributed by atoms with Crippen LogP contribution in [-0.2, 0) is 9.47 Å². The molecular weight excluding hydrogens is 411 g/mol. The smallest absolute Gasteiger partial charge is 0.409 e. The minimum absolute atomic E-state index is 0. The number of hydrogen-bond donors (Lipinski definition) is 2. The van der Waals surface area contributed by atoms with Crippen LogP contribution >= 0.6 is 24.0 Å². The molecule has 1 heterocycles. The van der Waals surface area contributed by atoms with E-state index in [0.29, 0.717) is 38.8 Å². The largest absolute Gasteiger partial charge is 0.450 e. The Labute approximate surface area is 156 Å². The highest BCUT2D eigenvalue weighted by atomic mass is 127. The summed E-state index contributed by atoms with van der Waals surface area (Å²) in [7, 11) is 0. The van der Waals surface area contributed by atoms with E-state index in [2.05, 4.69) is 10.3 Å². The number of amides is 1. The second-order valence-corrected chi connectivity index (χ2v) is 5.64. The molecule has 1 saturated heterocycles. The van der Waals surface area contributed by atoms with Gasteiger partial charge in [0.25, 0.3) is 0 Å². The monoisotopic (exact) mass is 442 g/mol. The highest BCUT2D eigenvalue weighted by molar-refractivity contribution is 14.0. The predicted molar refractivity (Wildman–Crippen MR) is 102 cm³/mol. The SMILES string of the molecule is CCOC(=O)N1CCC(NC(N)=NCCCOC(C)C)CC1.I. The lowest BCUT2D eigenvalue weighted by molar-refractivity contribution is 0.0783. The van der Waals surface area contributed by atoms with Crippen LogP contribution in [0.2, 0.25) is 0 Å². The van der Waals surface area contributed by atoms with Crippen LogP contribution in [0.3, 0.4) is 0 Å². The second-order valence-electron chi connectivity index (χ2n) is 5.64. The van der Waals surface area contributed by atoms with Crippen LogP contribution in [0.1, 0.15) is 40.0 Å². The molecule has 0 saturated carbocycles. The summed E-state index contributed by atoms with van der Waals surface area (Å²) in [6, 6.07) is 0.265. The van der Waals surface area contributed by atoms with E-state index in [-0.39, 0.29) is 42.2 Å². The third-order valence-corrected chi connectivity index (χ3v) is 3.41. The number of nitrogens with zero attached hydrogens (tertiary/aromatic N) is 2. The van der Waals surface area contributed by atoms with E-state index in [1.165, 1.54) is 0 Å². The normalized spacial score (nSPS) is 16.2. The van der Waals surface area contributed by atoms with Gasteiger partial charge >= 0.3 is 6.09 Å². The van der Waals surface area contributed by atoms with Crippen molar-refractivity contribution in [1.29, 1.82) is 0 Å². The third kappa shape index (κ3) is 9.85. The number of piperidine rings is 1. The molecule has 1 fully saturated rings. The molecule has 1 rings (SSSR count). The maximum absolute atomic E-state index is 11.6. The molecule has 1 amide bonds. The molecular formula is C15H31IN4O3. The van der Waals surface area contributed by atoms with Gasteiger partial charge in [-0.3, -0.25) is 4.99 Å². The van der Waals surface area contributed by atoms with Crippen LogP contribution in [0, 0.1) is 0 Å². The fourth-order valence-electron chi connectivity index (χ4n) is 2.26. The number of carbonyl (C=O) groups is 1. The number of likely N-dealkylation sites (tertiary alicyclic amines) is 1. The van der Waals surface area contributed by atoms with E-state index in [1.54, 1.807) is 4.90 Å². The van der Waals surface area contributed by atoms with Gasteiger partial charge in [-0.25, -0.2) is 4.79 Å². The Balaban J connectivity index is 0.00000484. The molecule has 0 atom stereocenters. The number of nitrogens with one attached hydrogen (secondary N) is 1. The quantitative estimate of drug-likeness (QED) is 0.272. The molecule has 0 aromatic carbocycles. The number of guanidine groups is 1. The molecule has 0 aliphatic carbocycles. The standard InChI is InChI=1S/C15H30N4O3.HI/c1-4-21-15(20)19-9-6-13(7-10-19)18-14(16)17-8-5-11-22-12(2)3;/h12-13H,4-11H2,1-3H3,(H3,16,17,18);1H. The van der Waals surface area contributed by atoms with Crippen molar-refractivity contribution < 1.29 is 14.3 Å². The molecule has 0 aromatic rings. The van der Waals surface area contributed by atoms with E-state index in [9.17, 15) is 4.79 Å². The van der Waals surface area contributed by atoms with Crippen molar-refractivity contribution in [2.45, 2.75) is 52.2 Å². The van der Waals surface area contributed by atoms with Crippen LogP contribution in [0.5, 0.6) is 0 Å². The topological polar surface area (TPSA) is 89.2 Å². The van der Waals surface area contributed by atoms with Crippen molar-refractivity contribution in [2.24, 2.45) is 10.7 Å². The molecule has 7 nitrogen and oxygen atoms in total. The zero-order valence-electron chi connectivity index (χ0n) is 14.4. The molecule has 1 aliphatic rings. The van der Waals surface area contributed by atoms with Crippen molar-refractivity contribution in [3.63, 3.8) is 0 Å². The Morgan fingerprint density at radius 2 is 2.04 bits per heavy atom. The Bertz CT molecular complexity index is 359. The van der Waals surface area contributed by atoms with Crippen molar-refractivity contribution in [3.05, 3.63) is 0 Å². The molecule has 8 heteroatoms. The number of hydrogen-bond acceptors (Lipinski definition) is 4. The predicted octanol–water partition coefficient (Wildman–Crippen LogP) is 1.94. The Hall–Kier alpha value is -0.770. The van der Waals surface area contributed by atoms with Gasteiger partial charge in [-0.05, 0) is 40.0 Å². The average Bonchev–Trinajstić information content (AvgIpc) is 2.47.